The largest absolute Gasteiger partial charge is 0.481 e. The Kier molecular flexibility index (Phi) is 3.40. The van der Waals surface area contributed by atoms with Crippen LogP contribution in [0, 0.1) is 17.3 Å². The fourth-order valence-electron chi connectivity index (χ4n) is 3.71. The van der Waals surface area contributed by atoms with E-state index in [-0.39, 0.29) is 23.2 Å². The first-order chi connectivity index (χ1) is 8.06. The highest BCUT2D eigenvalue weighted by Crippen LogP contribution is 2.52. The monoisotopic (exact) mass is 240 g/mol. The van der Waals surface area contributed by atoms with Crippen molar-refractivity contribution in [2.75, 3.05) is 7.11 Å². The van der Waals surface area contributed by atoms with Crippen molar-refractivity contribution in [3.05, 3.63) is 0 Å². The van der Waals surface area contributed by atoms with Crippen LogP contribution >= 0.6 is 0 Å². The summed E-state index contributed by atoms with van der Waals surface area (Å²) in [5, 5.41) is 9.20. The Hall–Kier alpha value is -1.06. The maximum absolute atomic E-state index is 11.7. The summed E-state index contributed by atoms with van der Waals surface area (Å²) in [6, 6.07) is 0. The molecule has 2 aliphatic rings. The first kappa shape index (κ1) is 12.4. The van der Waals surface area contributed by atoms with Crippen molar-refractivity contribution in [3.8, 4) is 0 Å². The van der Waals surface area contributed by atoms with Gasteiger partial charge in [-0.25, -0.2) is 0 Å². The molecule has 0 aliphatic heterocycles. The number of aliphatic carboxylic acids is 1. The van der Waals surface area contributed by atoms with Gasteiger partial charge in [0.25, 0.3) is 0 Å². The zero-order chi connectivity index (χ0) is 12.5. The highest BCUT2D eigenvalue weighted by atomic mass is 16.5. The average molecular weight is 240 g/mol. The molecule has 4 nitrogen and oxygen atoms in total. The van der Waals surface area contributed by atoms with Crippen LogP contribution in [0.2, 0.25) is 0 Å². The third-order valence-corrected chi connectivity index (χ3v) is 4.48. The highest BCUT2D eigenvalue weighted by Gasteiger charge is 2.46. The normalized spacial score (nSPS) is 31.4. The van der Waals surface area contributed by atoms with Crippen molar-refractivity contribution >= 4 is 11.9 Å². The summed E-state index contributed by atoms with van der Waals surface area (Å²) < 4.78 is 4.79. The standard InChI is InChI=1S/C13H20O4/c1-17-12(16)10-6-9(11(14)15)7-13(8-10)4-2-3-5-13/h9-10H,2-8H2,1H3,(H,14,15). The molecule has 1 spiro atoms. The van der Waals surface area contributed by atoms with Crippen LogP contribution in [0.15, 0.2) is 0 Å². The zero-order valence-electron chi connectivity index (χ0n) is 10.3. The Morgan fingerprint density at radius 2 is 1.76 bits per heavy atom. The van der Waals surface area contributed by atoms with E-state index in [4.69, 9.17) is 4.74 Å². The molecule has 0 aromatic heterocycles. The van der Waals surface area contributed by atoms with Crippen LogP contribution in [-0.4, -0.2) is 24.2 Å². The summed E-state index contributed by atoms with van der Waals surface area (Å²) in [6.07, 6.45) is 6.50. The third-order valence-electron chi connectivity index (χ3n) is 4.48. The van der Waals surface area contributed by atoms with E-state index in [0.717, 1.165) is 25.7 Å². The van der Waals surface area contributed by atoms with E-state index in [2.05, 4.69) is 0 Å². The summed E-state index contributed by atoms with van der Waals surface area (Å²) in [5.41, 5.74) is 0.0974. The van der Waals surface area contributed by atoms with Gasteiger partial charge in [-0.1, -0.05) is 12.8 Å². The quantitative estimate of drug-likeness (QED) is 0.752. The minimum absolute atomic E-state index is 0.0974. The summed E-state index contributed by atoms with van der Waals surface area (Å²) in [6.45, 7) is 0. The van der Waals surface area contributed by atoms with E-state index in [1.807, 2.05) is 0 Å². The van der Waals surface area contributed by atoms with Crippen LogP contribution in [0.5, 0.6) is 0 Å². The Morgan fingerprint density at radius 3 is 2.29 bits per heavy atom. The van der Waals surface area contributed by atoms with Crippen molar-refractivity contribution in [2.45, 2.75) is 44.9 Å². The average Bonchev–Trinajstić information content (AvgIpc) is 2.75. The number of carbonyl (C=O) groups excluding carboxylic acids is 1. The predicted molar refractivity (Wildman–Crippen MR) is 61.4 cm³/mol. The second kappa shape index (κ2) is 4.67. The van der Waals surface area contributed by atoms with E-state index >= 15 is 0 Å². The molecule has 2 atom stereocenters. The van der Waals surface area contributed by atoms with Crippen LogP contribution in [0.25, 0.3) is 0 Å². The van der Waals surface area contributed by atoms with Crippen LogP contribution in [0.3, 0.4) is 0 Å². The molecule has 0 aromatic rings. The minimum atomic E-state index is -0.759. The molecular formula is C13H20O4. The van der Waals surface area contributed by atoms with Gasteiger partial charge in [-0.3, -0.25) is 9.59 Å². The zero-order valence-corrected chi connectivity index (χ0v) is 10.3. The second-order valence-electron chi connectivity index (χ2n) is 5.61. The number of methoxy groups -OCH3 is 1. The molecule has 2 aliphatic carbocycles. The van der Waals surface area contributed by atoms with Crippen molar-refractivity contribution in [1.82, 2.24) is 0 Å². The van der Waals surface area contributed by atoms with Gasteiger partial charge < -0.3 is 9.84 Å². The smallest absolute Gasteiger partial charge is 0.308 e. The van der Waals surface area contributed by atoms with Gasteiger partial charge in [-0.05, 0) is 37.5 Å². The summed E-state index contributed by atoms with van der Waals surface area (Å²) in [5.74, 6) is -1.58. The second-order valence-corrected chi connectivity index (χ2v) is 5.61. The lowest BCUT2D eigenvalue weighted by Crippen LogP contribution is -2.38. The van der Waals surface area contributed by atoms with Crippen LogP contribution in [0.4, 0.5) is 0 Å². The van der Waals surface area contributed by atoms with E-state index in [1.54, 1.807) is 0 Å². The number of carbonyl (C=O) groups is 2. The SMILES string of the molecule is COC(=O)C1CC(C(=O)O)CC2(CCCC2)C1. The van der Waals surface area contributed by atoms with Crippen molar-refractivity contribution in [3.63, 3.8) is 0 Å². The maximum atomic E-state index is 11.7. The fraction of sp³-hybridized carbons (Fsp3) is 0.846. The van der Waals surface area contributed by atoms with Crippen LogP contribution in [0.1, 0.15) is 44.9 Å². The molecule has 4 heteroatoms. The molecule has 0 bridgehead atoms. The number of hydrogen-bond acceptors (Lipinski definition) is 3. The number of ether oxygens (including phenoxy) is 1. The summed E-state index contributed by atoms with van der Waals surface area (Å²) >= 11 is 0. The van der Waals surface area contributed by atoms with E-state index < -0.39 is 5.97 Å². The van der Waals surface area contributed by atoms with Gasteiger partial charge in [0.05, 0.1) is 18.9 Å². The Bertz CT molecular complexity index is 317. The molecule has 0 amide bonds. The molecule has 2 unspecified atom stereocenters. The Morgan fingerprint density at radius 1 is 1.18 bits per heavy atom. The molecule has 2 rings (SSSR count). The Balaban J connectivity index is 2.15. The lowest BCUT2D eigenvalue weighted by molar-refractivity contribution is -0.153. The molecule has 17 heavy (non-hydrogen) atoms. The third kappa shape index (κ3) is 2.45. The predicted octanol–water partition coefficient (Wildman–Crippen LogP) is 2.22. The molecule has 2 fully saturated rings. The number of carboxylic acid groups (broad SMARTS) is 1. The lowest BCUT2D eigenvalue weighted by Gasteiger charge is -2.40. The first-order valence-electron chi connectivity index (χ1n) is 6.37. The number of esters is 1. The topological polar surface area (TPSA) is 63.6 Å². The van der Waals surface area contributed by atoms with Crippen molar-refractivity contribution in [1.29, 1.82) is 0 Å². The summed E-state index contributed by atoms with van der Waals surface area (Å²) in [4.78, 5) is 22.9. The molecule has 0 aromatic carbocycles. The molecule has 0 saturated heterocycles. The van der Waals surface area contributed by atoms with Gasteiger partial charge in [-0.15, -0.1) is 0 Å². The van der Waals surface area contributed by atoms with Gasteiger partial charge in [-0.2, -0.15) is 0 Å². The van der Waals surface area contributed by atoms with Gasteiger partial charge in [0.1, 0.15) is 0 Å². The number of rotatable bonds is 2. The highest BCUT2D eigenvalue weighted by molar-refractivity contribution is 5.75. The molecule has 0 radical (unpaired) electrons. The molecule has 96 valence electrons. The van der Waals surface area contributed by atoms with Gasteiger partial charge in [0.15, 0.2) is 0 Å². The molecule has 0 heterocycles. The molecule has 2 saturated carbocycles. The summed E-state index contributed by atoms with van der Waals surface area (Å²) in [7, 11) is 1.38. The number of hydrogen-bond donors (Lipinski definition) is 1. The van der Waals surface area contributed by atoms with E-state index in [0.29, 0.717) is 6.42 Å². The van der Waals surface area contributed by atoms with Crippen LogP contribution < -0.4 is 0 Å². The first-order valence-corrected chi connectivity index (χ1v) is 6.37. The minimum Gasteiger partial charge on any atom is -0.481 e. The molecule has 1 N–H and O–H groups in total. The van der Waals surface area contributed by atoms with E-state index in [1.165, 1.54) is 20.0 Å². The van der Waals surface area contributed by atoms with Gasteiger partial charge in [0, 0.05) is 0 Å². The van der Waals surface area contributed by atoms with Gasteiger partial charge >= 0.3 is 11.9 Å². The lowest BCUT2D eigenvalue weighted by atomic mass is 9.64. The number of carboxylic acids is 1. The van der Waals surface area contributed by atoms with Crippen LogP contribution in [-0.2, 0) is 14.3 Å². The Labute approximate surface area is 101 Å². The van der Waals surface area contributed by atoms with Crippen molar-refractivity contribution < 1.29 is 19.4 Å². The maximum Gasteiger partial charge on any atom is 0.308 e. The van der Waals surface area contributed by atoms with Crippen molar-refractivity contribution in [2.24, 2.45) is 17.3 Å². The van der Waals surface area contributed by atoms with Gasteiger partial charge in [0.2, 0.25) is 0 Å². The molecular weight excluding hydrogens is 220 g/mol. The van der Waals surface area contributed by atoms with E-state index in [9.17, 15) is 14.7 Å². The fourth-order valence-corrected chi connectivity index (χ4v) is 3.71.